The molecule has 1 fully saturated rings. The summed E-state index contributed by atoms with van der Waals surface area (Å²) in [7, 11) is -1.95. The molecule has 26 heavy (non-hydrogen) atoms. The predicted octanol–water partition coefficient (Wildman–Crippen LogP) is 1.47. The van der Waals surface area contributed by atoms with Crippen LogP contribution in [0.15, 0.2) is 41.6 Å². The van der Waals surface area contributed by atoms with Crippen LogP contribution in [-0.2, 0) is 21.8 Å². The van der Waals surface area contributed by atoms with Crippen LogP contribution in [0.4, 0.5) is 5.69 Å². The van der Waals surface area contributed by atoms with Gasteiger partial charge in [0, 0.05) is 31.9 Å². The molecule has 0 aliphatic carbocycles. The van der Waals surface area contributed by atoms with E-state index in [-0.39, 0.29) is 22.7 Å². The van der Waals surface area contributed by atoms with Gasteiger partial charge >= 0.3 is 0 Å². The second-order valence-electron chi connectivity index (χ2n) is 6.46. The Balaban J connectivity index is 1.82. The highest BCUT2D eigenvalue weighted by Gasteiger charge is 2.32. The number of nitrogens with zero attached hydrogens (tertiary/aromatic N) is 3. The molecule has 1 aliphatic rings. The van der Waals surface area contributed by atoms with Gasteiger partial charge in [0.15, 0.2) is 0 Å². The monoisotopic (exact) mass is 378 g/mol. The standard InChI is InChI=1S/C17H22N4O4S/c1-12-9-21(10-13(2)25-12)26(23,24)16-6-4-5-14(7-16)17(22)19-15-8-18-20(3)11-15/h4-8,11-13H,9-10H2,1-3H3,(H,19,22)/t12-,13+. The topological polar surface area (TPSA) is 93.5 Å². The molecule has 2 atom stereocenters. The minimum absolute atomic E-state index is 0.0950. The Morgan fingerprint density at radius 1 is 1.27 bits per heavy atom. The maximum absolute atomic E-state index is 12.9. The van der Waals surface area contributed by atoms with Crippen LogP contribution in [0.1, 0.15) is 24.2 Å². The number of nitrogens with one attached hydrogen (secondary N) is 1. The number of hydrogen-bond donors (Lipinski definition) is 1. The molecule has 1 aromatic heterocycles. The van der Waals surface area contributed by atoms with E-state index in [1.54, 1.807) is 30.1 Å². The first kappa shape index (κ1) is 18.6. The SMILES string of the molecule is C[C@@H]1CN(S(=O)(=O)c2cccc(C(=O)Nc3cnn(C)c3)c2)C[C@H](C)O1. The van der Waals surface area contributed by atoms with E-state index in [4.69, 9.17) is 4.74 Å². The highest BCUT2D eigenvalue weighted by atomic mass is 32.2. The summed E-state index contributed by atoms with van der Waals surface area (Å²) in [6.45, 7) is 4.27. The number of anilines is 1. The van der Waals surface area contributed by atoms with Crippen molar-refractivity contribution < 1.29 is 17.9 Å². The second kappa shape index (κ2) is 7.18. The van der Waals surface area contributed by atoms with Crippen LogP contribution < -0.4 is 5.32 Å². The van der Waals surface area contributed by atoms with E-state index < -0.39 is 15.9 Å². The number of rotatable bonds is 4. The van der Waals surface area contributed by atoms with Crippen molar-refractivity contribution in [3.8, 4) is 0 Å². The third-order valence-corrected chi connectivity index (χ3v) is 5.91. The summed E-state index contributed by atoms with van der Waals surface area (Å²) in [4.78, 5) is 12.5. The smallest absolute Gasteiger partial charge is 0.255 e. The molecule has 3 rings (SSSR count). The summed E-state index contributed by atoms with van der Waals surface area (Å²) in [5, 5.41) is 6.68. The number of carbonyl (C=O) groups is 1. The third-order valence-electron chi connectivity index (χ3n) is 4.08. The van der Waals surface area contributed by atoms with Crippen LogP contribution in [0.25, 0.3) is 0 Å². The first-order chi connectivity index (χ1) is 12.3. The fourth-order valence-corrected chi connectivity index (χ4v) is 4.60. The zero-order chi connectivity index (χ0) is 18.9. The minimum atomic E-state index is -3.70. The average molecular weight is 378 g/mol. The largest absolute Gasteiger partial charge is 0.373 e. The van der Waals surface area contributed by atoms with Gasteiger partial charge in [-0.3, -0.25) is 9.48 Å². The van der Waals surface area contributed by atoms with Gasteiger partial charge in [-0.15, -0.1) is 0 Å². The lowest BCUT2D eigenvalue weighted by Gasteiger charge is -2.34. The number of ether oxygens (including phenoxy) is 1. The molecule has 0 spiro atoms. The van der Waals surface area contributed by atoms with Crippen molar-refractivity contribution in [2.75, 3.05) is 18.4 Å². The van der Waals surface area contributed by atoms with Gasteiger partial charge in [-0.1, -0.05) is 6.07 Å². The van der Waals surface area contributed by atoms with Crippen LogP contribution in [0.3, 0.4) is 0 Å². The number of hydrogen-bond acceptors (Lipinski definition) is 5. The molecular weight excluding hydrogens is 356 g/mol. The number of aromatic nitrogens is 2. The average Bonchev–Trinajstić information content (AvgIpc) is 2.99. The molecule has 0 radical (unpaired) electrons. The van der Waals surface area contributed by atoms with E-state index in [9.17, 15) is 13.2 Å². The predicted molar refractivity (Wildman–Crippen MR) is 96.4 cm³/mol. The Morgan fingerprint density at radius 3 is 2.58 bits per heavy atom. The maximum Gasteiger partial charge on any atom is 0.255 e. The van der Waals surface area contributed by atoms with E-state index in [0.29, 0.717) is 18.8 Å². The van der Waals surface area contributed by atoms with Crippen LogP contribution in [-0.4, -0.2) is 53.7 Å². The summed E-state index contributed by atoms with van der Waals surface area (Å²) in [5.41, 5.74) is 0.811. The van der Waals surface area contributed by atoms with Crippen molar-refractivity contribution in [1.29, 1.82) is 0 Å². The molecule has 1 N–H and O–H groups in total. The number of carbonyl (C=O) groups excluding carboxylic acids is 1. The van der Waals surface area contributed by atoms with Crippen molar-refractivity contribution in [3.63, 3.8) is 0 Å². The van der Waals surface area contributed by atoms with Crippen LogP contribution >= 0.6 is 0 Å². The van der Waals surface area contributed by atoms with Crippen molar-refractivity contribution in [1.82, 2.24) is 14.1 Å². The molecule has 0 saturated carbocycles. The van der Waals surface area contributed by atoms with Crippen molar-refractivity contribution in [2.45, 2.75) is 31.0 Å². The fourth-order valence-electron chi connectivity index (χ4n) is 2.96. The summed E-state index contributed by atoms with van der Waals surface area (Å²) in [6, 6.07) is 6.04. The molecule has 2 heterocycles. The Labute approximate surface area is 152 Å². The Hall–Kier alpha value is -2.23. The van der Waals surface area contributed by atoms with Crippen LogP contribution in [0, 0.1) is 0 Å². The fraction of sp³-hybridized carbons (Fsp3) is 0.412. The summed E-state index contributed by atoms with van der Waals surface area (Å²) in [6.07, 6.45) is 2.83. The van der Waals surface area contributed by atoms with Gasteiger partial charge in [0.2, 0.25) is 10.0 Å². The van der Waals surface area contributed by atoms with Gasteiger partial charge in [0.25, 0.3) is 5.91 Å². The lowest BCUT2D eigenvalue weighted by molar-refractivity contribution is -0.0440. The molecule has 0 unspecified atom stereocenters. The van der Waals surface area contributed by atoms with Gasteiger partial charge in [0.05, 0.1) is 29.0 Å². The molecule has 1 aromatic carbocycles. The molecule has 1 aliphatic heterocycles. The number of sulfonamides is 1. The molecule has 140 valence electrons. The summed E-state index contributed by atoms with van der Waals surface area (Å²) in [5.74, 6) is -0.390. The first-order valence-electron chi connectivity index (χ1n) is 8.31. The highest BCUT2D eigenvalue weighted by molar-refractivity contribution is 7.89. The number of benzene rings is 1. The second-order valence-corrected chi connectivity index (χ2v) is 8.40. The zero-order valence-electron chi connectivity index (χ0n) is 14.9. The first-order valence-corrected chi connectivity index (χ1v) is 9.75. The van der Waals surface area contributed by atoms with E-state index in [1.807, 2.05) is 13.8 Å². The van der Waals surface area contributed by atoms with Crippen molar-refractivity contribution >= 4 is 21.6 Å². The maximum atomic E-state index is 12.9. The molecule has 2 aromatic rings. The highest BCUT2D eigenvalue weighted by Crippen LogP contribution is 2.22. The molecule has 0 bridgehead atoms. The molecular formula is C17H22N4O4S. The van der Waals surface area contributed by atoms with Gasteiger partial charge in [-0.05, 0) is 32.0 Å². The van der Waals surface area contributed by atoms with E-state index >= 15 is 0 Å². The quantitative estimate of drug-likeness (QED) is 0.870. The Kier molecular flexibility index (Phi) is 5.12. The molecule has 1 amide bonds. The zero-order valence-corrected chi connectivity index (χ0v) is 15.7. The van der Waals surface area contributed by atoms with Crippen LogP contribution in [0.5, 0.6) is 0 Å². The van der Waals surface area contributed by atoms with Gasteiger partial charge in [0.1, 0.15) is 0 Å². The van der Waals surface area contributed by atoms with E-state index in [2.05, 4.69) is 10.4 Å². The summed E-state index contributed by atoms with van der Waals surface area (Å²) >= 11 is 0. The van der Waals surface area contributed by atoms with Gasteiger partial charge in [-0.2, -0.15) is 9.40 Å². The normalized spacial score (nSPS) is 21.5. The lowest BCUT2D eigenvalue weighted by Crippen LogP contribution is -2.48. The Bertz CT molecular complexity index is 899. The van der Waals surface area contributed by atoms with Gasteiger partial charge in [-0.25, -0.2) is 8.42 Å². The summed E-state index contributed by atoms with van der Waals surface area (Å²) < 4.78 is 34.5. The number of amides is 1. The van der Waals surface area contributed by atoms with Crippen LogP contribution in [0.2, 0.25) is 0 Å². The number of morpholine rings is 1. The molecule has 1 saturated heterocycles. The minimum Gasteiger partial charge on any atom is -0.373 e. The number of aryl methyl sites for hydroxylation is 1. The van der Waals surface area contributed by atoms with E-state index in [1.165, 1.54) is 22.6 Å². The third kappa shape index (κ3) is 3.95. The van der Waals surface area contributed by atoms with Crippen molar-refractivity contribution in [3.05, 3.63) is 42.2 Å². The van der Waals surface area contributed by atoms with E-state index in [0.717, 1.165) is 0 Å². The van der Waals surface area contributed by atoms with Gasteiger partial charge < -0.3 is 10.1 Å². The Morgan fingerprint density at radius 2 is 1.96 bits per heavy atom. The molecule has 8 nitrogen and oxygen atoms in total. The molecule has 9 heteroatoms. The van der Waals surface area contributed by atoms with Crippen molar-refractivity contribution in [2.24, 2.45) is 7.05 Å². The lowest BCUT2D eigenvalue weighted by atomic mass is 10.2.